The van der Waals surface area contributed by atoms with Gasteiger partial charge in [0, 0.05) is 51.2 Å². The summed E-state index contributed by atoms with van der Waals surface area (Å²) in [4.78, 5) is 6.71. The molecule has 0 radical (unpaired) electrons. The Balaban J connectivity index is 1.33. The molecular weight excluding hydrogens is 767 g/mol. The first-order chi connectivity index (χ1) is 30.9. The number of aryl methyl sites for hydroxylation is 2. The maximum atomic E-state index is 9.73. The van der Waals surface area contributed by atoms with Crippen LogP contribution in [0.5, 0.6) is 0 Å². The van der Waals surface area contributed by atoms with Crippen LogP contribution in [0, 0.1) is 36.5 Å². The fourth-order valence-corrected chi connectivity index (χ4v) is 8.09. The van der Waals surface area contributed by atoms with Crippen molar-refractivity contribution in [3.8, 4) is 34.4 Å². The normalized spacial score (nSPS) is 10.9. The van der Waals surface area contributed by atoms with E-state index in [4.69, 9.17) is 0 Å². The monoisotopic (exact) mass is 811 g/mol. The molecule has 0 atom stereocenters. The Morgan fingerprint density at radius 3 is 1.17 bits per heavy atom. The Kier molecular flexibility index (Phi) is 12.2. The maximum Gasteiger partial charge on any atom is 0.0991 e. The molecule has 0 heterocycles. The van der Waals surface area contributed by atoms with E-state index in [1.54, 1.807) is 6.08 Å². The number of nitriles is 2. The van der Waals surface area contributed by atoms with E-state index in [0.29, 0.717) is 11.1 Å². The number of rotatable bonds is 13. The van der Waals surface area contributed by atoms with Crippen molar-refractivity contribution in [3.05, 3.63) is 253 Å². The number of allylic oxidation sites excluding steroid dienone is 3. The molecule has 0 unspecified atom stereocenters. The third-order valence-electron chi connectivity index (χ3n) is 11.0. The van der Waals surface area contributed by atoms with Crippen LogP contribution in [-0.4, -0.2) is 0 Å². The van der Waals surface area contributed by atoms with Gasteiger partial charge in [-0.15, -0.1) is 0 Å². The first-order valence-electron chi connectivity index (χ1n) is 20.8. The Hall–Kier alpha value is -8.64. The topological polar surface area (TPSA) is 57.3 Å². The van der Waals surface area contributed by atoms with E-state index in [0.717, 1.165) is 84.6 Å². The zero-order chi connectivity index (χ0) is 43.7. The molecule has 8 aromatic rings. The Labute approximate surface area is 370 Å². The van der Waals surface area contributed by atoms with Crippen LogP contribution >= 0.6 is 0 Å². The fraction of sp³-hybridized carbons (Fsp3) is 0.0345. The van der Waals surface area contributed by atoms with Crippen molar-refractivity contribution in [2.24, 2.45) is 0 Å². The minimum absolute atomic E-state index is 0.615. The zero-order valence-electron chi connectivity index (χ0n) is 35.4. The second-order valence-corrected chi connectivity index (χ2v) is 15.1. The van der Waals surface area contributed by atoms with Crippen molar-refractivity contribution in [2.45, 2.75) is 13.8 Å². The van der Waals surface area contributed by atoms with E-state index >= 15 is 0 Å². The highest BCUT2D eigenvalue weighted by Crippen LogP contribution is 2.43. The van der Waals surface area contributed by atoms with Crippen molar-refractivity contribution in [3.63, 3.8) is 0 Å². The van der Waals surface area contributed by atoms with Crippen molar-refractivity contribution in [2.75, 3.05) is 14.7 Å². The van der Waals surface area contributed by atoms with E-state index in [-0.39, 0.29) is 0 Å². The molecule has 0 N–H and O–H groups in total. The number of nitrogens with zero attached hydrogens (tertiary/aromatic N) is 5. The summed E-state index contributed by atoms with van der Waals surface area (Å²) in [6.07, 6.45) is 5.58. The lowest BCUT2D eigenvalue weighted by Gasteiger charge is -2.30. The van der Waals surface area contributed by atoms with Crippen molar-refractivity contribution in [1.29, 1.82) is 10.5 Å². The minimum atomic E-state index is 0.615. The van der Waals surface area contributed by atoms with E-state index in [1.807, 2.05) is 92.7 Å². The highest BCUT2D eigenvalue weighted by molar-refractivity contribution is 5.88. The van der Waals surface area contributed by atoms with Crippen LogP contribution in [-0.2, 0) is 0 Å². The van der Waals surface area contributed by atoms with Crippen LogP contribution in [0.3, 0.4) is 0 Å². The number of anilines is 8. The second-order valence-electron chi connectivity index (χ2n) is 15.1. The average Bonchev–Trinajstić information content (AvgIpc) is 3.33. The molecule has 0 spiro atoms. The predicted octanol–water partition coefficient (Wildman–Crippen LogP) is 15.7. The van der Waals surface area contributed by atoms with Gasteiger partial charge in [-0.25, -0.2) is 0 Å². The molecule has 8 rings (SSSR count). The molecule has 0 aliphatic rings. The summed E-state index contributed by atoms with van der Waals surface area (Å²) in [6.45, 7) is 12.2. The van der Waals surface area contributed by atoms with E-state index in [1.165, 1.54) is 0 Å². The molecule has 0 aliphatic carbocycles. The number of hydrogen-bond donors (Lipinski definition) is 0. The lowest BCUT2D eigenvalue weighted by Crippen LogP contribution is -2.15. The summed E-state index contributed by atoms with van der Waals surface area (Å²) in [6, 6.07) is 71.2. The molecule has 63 heavy (non-hydrogen) atoms. The van der Waals surface area contributed by atoms with Gasteiger partial charge in [-0.3, -0.25) is 0 Å². The third-order valence-corrected chi connectivity index (χ3v) is 11.0. The zero-order valence-corrected chi connectivity index (χ0v) is 35.4. The molecule has 0 saturated heterocycles. The highest BCUT2D eigenvalue weighted by atomic mass is 15.2. The van der Waals surface area contributed by atoms with Gasteiger partial charge in [-0.2, -0.15) is 10.5 Å². The molecule has 5 heteroatoms. The summed E-state index contributed by atoms with van der Waals surface area (Å²) in [5, 5.41) is 19.5. The first-order valence-corrected chi connectivity index (χ1v) is 20.8. The van der Waals surface area contributed by atoms with Gasteiger partial charge in [-0.1, -0.05) is 86.0 Å². The molecule has 0 saturated carbocycles. The van der Waals surface area contributed by atoms with E-state index in [9.17, 15) is 10.5 Å². The van der Waals surface area contributed by atoms with Gasteiger partial charge in [0.2, 0.25) is 0 Å². The van der Waals surface area contributed by atoms with E-state index < -0.39 is 0 Å². The smallest absolute Gasteiger partial charge is 0.0991 e. The van der Waals surface area contributed by atoms with Crippen LogP contribution in [0.4, 0.5) is 45.5 Å². The second kappa shape index (κ2) is 18.7. The van der Waals surface area contributed by atoms with Crippen molar-refractivity contribution >= 4 is 45.5 Å². The summed E-state index contributed by atoms with van der Waals surface area (Å²) in [7, 11) is 0. The van der Waals surface area contributed by atoms with Crippen LogP contribution in [0.1, 0.15) is 22.3 Å². The van der Waals surface area contributed by atoms with Crippen LogP contribution in [0.15, 0.2) is 231 Å². The minimum Gasteiger partial charge on any atom is -0.311 e. The standard InChI is InChI=1S/C58H45N5/c1-5-16-48(6-2)61(49-17-10-7-11-18-49)52-25-29-54(30-26-52)63(55-31-27-53(28-32-55)62(50-19-12-8-13-20-50)51-21-14-9-15-22-51)56-38-46(57-33-23-44(40-59)35-42(57)3)37-47(39-56)58-34-24-45(41-60)36-43(58)4/h5-39H,1-2H2,3-4H3/b48-16+. The molecule has 8 aromatic carbocycles. The van der Waals surface area contributed by atoms with Crippen LogP contribution in [0.25, 0.3) is 22.3 Å². The summed E-state index contributed by atoms with van der Waals surface area (Å²) >= 11 is 0. The lowest BCUT2D eigenvalue weighted by atomic mass is 9.92. The summed E-state index contributed by atoms with van der Waals surface area (Å²) in [5.74, 6) is 0. The van der Waals surface area contributed by atoms with Crippen LogP contribution in [0.2, 0.25) is 0 Å². The van der Waals surface area contributed by atoms with Gasteiger partial charge in [-0.05, 0) is 187 Å². The largest absolute Gasteiger partial charge is 0.311 e. The van der Waals surface area contributed by atoms with Crippen molar-refractivity contribution in [1.82, 2.24) is 0 Å². The SMILES string of the molecule is C=C/C=C(\C=C)N(c1ccccc1)c1ccc(N(c2ccc(N(c3ccccc3)c3ccccc3)cc2)c2cc(-c3ccc(C#N)cc3C)cc(-c3ccc(C#N)cc3C)c2)cc1. The van der Waals surface area contributed by atoms with Gasteiger partial charge in [0.15, 0.2) is 0 Å². The van der Waals surface area contributed by atoms with Crippen molar-refractivity contribution < 1.29 is 0 Å². The van der Waals surface area contributed by atoms with E-state index in [2.05, 4.69) is 167 Å². The average molecular weight is 812 g/mol. The van der Waals surface area contributed by atoms with Gasteiger partial charge >= 0.3 is 0 Å². The molecule has 0 bridgehead atoms. The lowest BCUT2D eigenvalue weighted by molar-refractivity contribution is 1.20. The third kappa shape index (κ3) is 8.82. The summed E-state index contributed by atoms with van der Waals surface area (Å²) in [5.41, 5.74) is 16.2. The molecule has 0 fully saturated rings. The maximum absolute atomic E-state index is 9.73. The van der Waals surface area contributed by atoms with Gasteiger partial charge in [0.1, 0.15) is 0 Å². The van der Waals surface area contributed by atoms with Gasteiger partial charge < -0.3 is 14.7 Å². The first kappa shape index (κ1) is 41.1. The summed E-state index contributed by atoms with van der Waals surface area (Å²) < 4.78 is 0. The number of hydrogen-bond acceptors (Lipinski definition) is 5. The Bertz CT molecular complexity index is 2890. The molecular formula is C58H45N5. The predicted molar refractivity (Wildman–Crippen MR) is 263 cm³/mol. The van der Waals surface area contributed by atoms with Gasteiger partial charge in [0.05, 0.1) is 23.3 Å². The number of benzene rings is 8. The Morgan fingerprint density at radius 2 is 0.794 bits per heavy atom. The molecule has 0 aliphatic heterocycles. The quantitative estimate of drug-likeness (QED) is 0.109. The molecule has 302 valence electrons. The van der Waals surface area contributed by atoms with Gasteiger partial charge in [0.25, 0.3) is 0 Å². The Morgan fingerprint density at radius 1 is 0.429 bits per heavy atom. The molecule has 5 nitrogen and oxygen atoms in total. The number of para-hydroxylation sites is 3. The molecule has 0 aromatic heterocycles. The molecule has 0 amide bonds. The van der Waals surface area contributed by atoms with Crippen LogP contribution < -0.4 is 14.7 Å². The fourth-order valence-electron chi connectivity index (χ4n) is 8.09. The highest BCUT2D eigenvalue weighted by Gasteiger charge is 2.20.